The van der Waals surface area contributed by atoms with Crippen LogP contribution in [0, 0.1) is 0 Å². The Morgan fingerprint density at radius 1 is 1.25 bits per heavy atom. The van der Waals surface area contributed by atoms with Crippen molar-refractivity contribution in [3.63, 3.8) is 0 Å². The van der Waals surface area contributed by atoms with Crippen LogP contribution in [0.2, 0.25) is 0 Å². The van der Waals surface area contributed by atoms with Crippen LogP contribution in [0.5, 0.6) is 0 Å². The van der Waals surface area contributed by atoms with Gasteiger partial charge in [0.2, 0.25) is 5.91 Å². The van der Waals surface area contributed by atoms with Gasteiger partial charge in [-0.05, 0) is 36.2 Å². The number of rotatable bonds is 5. The third-order valence-corrected chi connectivity index (χ3v) is 3.85. The molecule has 24 heavy (non-hydrogen) atoms. The zero-order valence-corrected chi connectivity index (χ0v) is 13.0. The lowest BCUT2D eigenvalue weighted by atomic mass is 10.1. The fourth-order valence-corrected chi connectivity index (χ4v) is 2.54. The lowest BCUT2D eigenvalue weighted by molar-refractivity contribution is -0.123. The van der Waals surface area contributed by atoms with Crippen LogP contribution in [0.15, 0.2) is 47.1 Å². The minimum atomic E-state index is -0.460. The van der Waals surface area contributed by atoms with Crippen molar-refractivity contribution in [2.75, 3.05) is 11.9 Å². The average molecular weight is 329 g/mol. The minimum Gasteiger partial charge on any atom is -0.459 e. The van der Waals surface area contributed by atoms with Crippen LogP contribution in [-0.2, 0) is 11.3 Å². The van der Waals surface area contributed by atoms with Gasteiger partial charge in [0.25, 0.3) is 5.91 Å². The number of carbonyl (C=O) groups excluding carboxylic acids is 2. The number of aliphatic hydroxyl groups is 1. The van der Waals surface area contributed by atoms with Crippen molar-refractivity contribution in [1.29, 1.82) is 0 Å². The lowest BCUT2D eigenvalue weighted by Crippen LogP contribution is -2.39. The molecule has 7 heteroatoms. The van der Waals surface area contributed by atoms with Gasteiger partial charge in [-0.25, -0.2) is 0 Å². The molecular weight excluding hydrogens is 310 g/mol. The molecule has 0 saturated carbocycles. The Bertz CT molecular complexity index is 697. The Kier molecular flexibility index (Phi) is 4.93. The van der Waals surface area contributed by atoms with E-state index in [1.54, 1.807) is 24.3 Å². The van der Waals surface area contributed by atoms with Crippen LogP contribution in [0.1, 0.15) is 22.5 Å². The predicted molar refractivity (Wildman–Crippen MR) is 87.4 cm³/mol. The molecule has 1 aromatic carbocycles. The highest BCUT2D eigenvalue weighted by Gasteiger charge is 2.27. The summed E-state index contributed by atoms with van der Waals surface area (Å²) in [5.41, 5.74) is 1.56. The highest BCUT2D eigenvalue weighted by atomic mass is 16.3. The summed E-state index contributed by atoms with van der Waals surface area (Å²) >= 11 is 0. The summed E-state index contributed by atoms with van der Waals surface area (Å²) in [5, 5.41) is 17.9. The van der Waals surface area contributed by atoms with Crippen LogP contribution in [0.25, 0.3) is 0 Å². The van der Waals surface area contributed by atoms with Crippen molar-refractivity contribution in [3.05, 3.63) is 54.0 Å². The van der Waals surface area contributed by atoms with Crippen molar-refractivity contribution < 1.29 is 19.1 Å². The topological polar surface area (TPSA) is 104 Å². The second-order valence-corrected chi connectivity index (χ2v) is 5.70. The van der Waals surface area contributed by atoms with Crippen LogP contribution in [0.4, 0.5) is 5.69 Å². The van der Waals surface area contributed by atoms with E-state index < -0.39 is 6.10 Å². The molecule has 0 aliphatic carbocycles. The third-order valence-electron chi connectivity index (χ3n) is 3.85. The number of amides is 2. The molecule has 1 aromatic heterocycles. The second-order valence-electron chi connectivity index (χ2n) is 5.70. The SMILES string of the molecule is O=C(Nc1ccc(CNC(=O)C2CC(O)CN2)cc1)c1ccco1. The lowest BCUT2D eigenvalue weighted by Gasteiger charge is -2.11. The summed E-state index contributed by atoms with van der Waals surface area (Å²) < 4.78 is 5.03. The number of furan rings is 1. The zero-order chi connectivity index (χ0) is 16.9. The Labute approximate surface area is 139 Å². The van der Waals surface area contributed by atoms with Crippen LogP contribution in [0.3, 0.4) is 0 Å². The van der Waals surface area contributed by atoms with Gasteiger partial charge in [0, 0.05) is 18.8 Å². The molecule has 4 N–H and O–H groups in total. The number of benzene rings is 1. The van der Waals surface area contributed by atoms with E-state index in [0.717, 1.165) is 5.56 Å². The van der Waals surface area contributed by atoms with Gasteiger partial charge in [0.1, 0.15) is 0 Å². The van der Waals surface area contributed by atoms with Gasteiger partial charge in [0.15, 0.2) is 5.76 Å². The molecule has 2 unspecified atom stereocenters. The molecule has 126 valence electrons. The summed E-state index contributed by atoms with van der Waals surface area (Å²) in [5.74, 6) is -0.189. The Morgan fingerprint density at radius 2 is 2.04 bits per heavy atom. The van der Waals surface area contributed by atoms with Gasteiger partial charge in [-0.1, -0.05) is 12.1 Å². The van der Waals surface area contributed by atoms with Gasteiger partial charge < -0.3 is 25.5 Å². The Balaban J connectivity index is 1.49. The quantitative estimate of drug-likeness (QED) is 0.652. The molecule has 2 aromatic rings. The first-order valence-electron chi connectivity index (χ1n) is 7.75. The van der Waals surface area contributed by atoms with E-state index in [9.17, 15) is 14.7 Å². The smallest absolute Gasteiger partial charge is 0.291 e. The number of carbonyl (C=O) groups is 2. The molecule has 1 fully saturated rings. The molecule has 0 spiro atoms. The van der Waals surface area contributed by atoms with Crippen LogP contribution < -0.4 is 16.0 Å². The van der Waals surface area contributed by atoms with Gasteiger partial charge in [0.05, 0.1) is 18.4 Å². The first-order valence-corrected chi connectivity index (χ1v) is 7.75. The molecule has 1 saturated heterocycles. The van der Waals surface area contributed by atoms with Gasteiger partial charge in [-0.2, -0.15) is 0 Å². The fourth-order valence-electron chi connectivity index (χ4n) is 2.54. The number of aliphatic hydroxyl groups excluding tert-OH is 1. The van der Waals surface area contributed by atoms with E-state index in [0.29, 0.717) is 25.2 Å². The maximum Gasteiger partial charge on any atom is 0.291 e. The molecule has 1 aliphatic heterocycles. The Morgan fingerprint density at radius 3 is 2.67 bits per heavy atom. The number of hydrogen-bond donors (Lipinski definition) is 4. The van der Waals surface area contributed by atoms with E-state index >= 15 is 0 Å². The van der Waals surface area contributed by atoms with Gasteiger partial charge in [-0.3, -0.25) is 9.59 Å². The summed E-state index contributed by atoms with van der Waals surface area (Å²) in [6.07, 6.45) is 1.42. The monoisotopic (exact) mass is 329 g/mol. The van der Waals surface area contributed by atoms with Crippen molar-refractivity contribution in [1.82, 2.24) is 10.6 Å². The van der Waals surface area contributed by atoms with E-state index in [4.69, 9.17) is 4.42 Å². The van der Waals surface area contributed by atoms with Crippen molar-refractivity contribution in [2.24, 2.45) is 0 Å². The minimum absolute atomic E-state index is 0.123. The maximum atomic E-state index is 12.0. The third kappa shape index (κ3) is 4.01. The zero-order valence-electron chi connectivity index (χ0n) is 13.0. The fraction of sp³-hybridized carbons (Fsp3) is 0.294. The van der Waals surface area contributed by atoms with E-state index in [1.807, 2.05) is 12.1 Å². The normalized spacial score (nSPS) is 19.9. The molecule has 7 nitrogen and oxygen atoms in total. The number of hydrogen-bond acceptors (Lipinski definition) is 5. The van der Waals surface area contributed by atoms with E-state index in [-0.39, 0.29) is 23.6 Å². The first-order chi connectivity index (χ1) is 11.6. The molecule has 2 amide bonds. The van der Waals surface area contributed by atoms with E-state index in [1.165, 1.54) is 6.26 Å². The molecule has 2 heterocycles. The first kappa shape index (κ1) is 16.2. The highest BCUT2D eigenvalue weighted by molar-refractivity contribution is 6.02. The molecular formula is C17H19N3O4. The standard InChI is InChI=1S/C17H19N3O4/c21-13-8-14(18-10-13)16(22)19-9-11-3-5-12(6-4-11)20-17(23)15-2-1-7-24-15/h1-7,13-14,18,21H,8-10H2,(H,19,22)(H,20,23). The predicted octanol–water partition coefficient (Wildman–Crippen LogP) is 0.871. The number of β-amino-alcohol motifs (C(OH)–C–C–N with tert-alkyl or cyclic N) is 1. The second kappa shape index (κ2) is 7.29. The summed E-state index contributed by atoms with van der Waals surface area (Å²) in [4.78, 5) is 23.8. The highest BCUT2D eigenvalue weighted by Crippen LogP contribution is 2.12. The summed E-state index contributed by atoms with van der Waals surface area (Å²) in [7, 11) is 0. The van der Waals surface area contributed by atoms with Crippen LogP contribution in [-0.4, -0.2) is 35.6 Å². The Hall–Kier alpha value is -2.64. The average Bonchev–Trinajstić information content (AvgIpc) is 3.25. The van der Waals surface area contributed by atoms with Gasteiger partial charge in [-0.15, -0.1) is 0 Å². The summed E-state index contributed by atoms with van der Waals surface area (Å²) in [6, 6.07) is 10.1. The van der Waals surface area contributed by atoms with E-state index in [2.05, 4.69) is 16.0 Å². The molecule has 0 radical (unpaired) electrons. The largest absolute Gasteiger partial charge is 0.459 e. The van der Waals surface area contributed by atoms with Crippen LogP contribution >= 0.6 is 0 Å². The van der Waals surface area contributed by atoms with Gasteiger partial charge >= 0.3 is 0 Å². The molecule has 0 bridgehead atoms. The summed E-state index contributed by atoms with van der Waals surface area (Å²) in [6.45, 7) is 0.835. The maximum absolute atomic E-state index is 12.0. The van der Waals surface area contributed by atoms with Crippen molar-refractivity contribution >= 4 is 17.5 Å². The molecule has 2 atom stereocenters. The van der Waals surface area contributed by atoms with Crippen molar-refractivity contribution in [3.8, 4) is 0 Å². The number of anilines is 1. The molecule has 3 rings (SSSR count). The number of nitrogens with one attached hydrogen (secondary N) is 3. The van der Waals surface area contributed by atoms with Crippen molar-refractivity contribution in [2.45, 2.75) is 25.1 Å². The molecule has 1 aliphatic rings.